The van der Waals surface area contributed by atoms with Crippen molar-refractivity contribution in [1.29, 1.82) is 0 Å². The van der Waals surface area contributed by atoms with Crippen molar-refractivity contribution in [2.45, 2.75) is 38.5 Å². The number of carbonyl (C=O) groups excluding carboxylic acids is 1. The average molecular weight is 276 g/mol. The minimum absolute atomic E-state index is 0.161. The van der Waals surface area contributed by atoms with Gasteiger partial charge in [-0.15, -0.1) is 0 Å². The zero-order chi connectivity index (χ0) is 14.1. The molecule has 0 amide bonds. The van der Waals surface area contributed by atoms with Crippen LogP contribution in [0.2, 0.25) is 0 Å². The molecule has 20 heavy (non-hydrogen) atoms. The molecular formula is C17H18F2O. The summed E-state index contributed by atoms with van der Waals surface area (Å²) in [6.07, 6.45) is 8.19. The van der Waals surface area contributed by atoms with Gasteiger partial charge in [-0.05, 0) is 60.9 Å². The summed E-state index contributed by atoms with van der Waals surface area (Å²) < 4.78 is 26.1. The van der Waals surface area contributed by atoms with E-state index in [1.807, 2.05) is 0 Å². The van der Waals surface area contributed by atoms with Crippen LogP contribution in [-0.4, -0.2) is 5.78 Å². The molecule has 2 fully saturated rings. The standard InChI is InChI=1S/C17H18F2O/c18-15-8-5-11(10-16(15)19)9-13-6-7-14(17(13)20)12-3-1-2-4-12/h5,8-10,12,14H,1-4,6-7H2/b13-9+. The Morgan fingerprint density at radius 1 is 1.05 bits per heavy atom. The summed E-state index contributed by atoms with van der Waals surface area (Å²) in [5.41, 5.74) is 1.34. The van der Waals surface area contributed by atoms with E-state index in [0.29, 0.717) is 11.5 Å². The van der Waals surface area contributed by atoms with Crippen molar-refractivity contribution in [3.63, 3.8) is 0 Å². The van der Waals surface area contributed by atoms with Crippen molar-refractivity contribution in [2.24, 2.45) is 11.8 Å². The number of hydrogen-bond donors (Lipinski definition) is 0. The predicted molar refractivity (Wildman–Crippen MR) is 74.0 cm³/mol. The molecule has 2 saturated carbocycles. The van der Waals surface area contributed by atoms with Crippen molar-refractivity contribution >= 4 is 11.9 Å². The van der Waals surface area contributed by atoms with Crippen LogP contribution >= 0.6 is 0 Å². The Bertz CT molecular complexity index is 556. The van der Waals surface area contributed by atoms with Gasteiger partial charge in [0.25, 0.3) is 0 Å². The third-order valence-corrected chi connectivity index (χ3v) is 4.63. The van der Waals surface area contributed by atoms with Crippen LogP contribution in [0.25, 0.3) is 6.08 Å². The summed E-state index contributed by atoms with van der Waals surface area (Å²) in [6, 6.07) is 3.77. The number of halogens is 2. The quantitative estimate of drug-likeness (QED) is 0.726. The Labute approximate surface area is 117 Å². The van der Waals surface area contributed by atoms with Crippen molar-refractivity contribution in [3.05, 3.63) is 41.0 Å². The number of allylic oxidation sites excluding steroid dienone is 1. The van der Waals surface area contributed by atoms with Gasteiger partial charge >= 0.3 is 0 Å². The number of Topliss-reactive ketones (excluding diaryl/α,β-unsaturated/α-hetero) is 1. The smallest absolute Gasteiger partial charge is 0.162 e. The van der Waals surface area contributed by atoms with E-state index in [0.717, 1.165) is 43.4 Å². The van der Waals surface area contributed by atoms with Gasteiger partial charge < -0.3 is 0 Å². The molecule has 0 radical (unpaired) electrons. The van der Waals surface area contributed by atoms with Gasteiger partial charge in [-0.3, -0.25) is 4.79 Å². The second-order valence-electron chi connectivity index (χ2n) is 5.90. The Morgan fingerprint density at radius 2 is 1.80 bits per heavy atom. The van der Waals surface area contributed by atoms with E-state index in [1.165, 1.54) is 18.9 Å². The molecule has 0 aromatic heterocycles. The number of ketones is 1. The lowest BCUT2D eigenvalue weighted by molar-refractivity contribution is -0.119. The number of rotatable bonds is 2. The summed E-state index contributed by atoms with van der Waals surface area (Å²) in [7, 11) is 0. The highest BCUT2D eigenvalue weighted by atomic mass is 19.2. The molecule has 3 heteroatoms. The molecular weight excluding hydrogens is 258 g/mol. The lowest BCUT2D eigenvalue weighted by Gasteiger charge is -2.15. The van der Waals surface area contributed by atoms with Crippen LogP contribution in [0.15, 0.2) is 23.8 Å². The molecule has 106 valence electrons. The van der Waals surface area contributed by atoms with Gasteiger partial charge in [0, 0.05) is 5.92 Å². The molecule has 2 aliphatic carbocycles. The SMILES string of the molecule is O=C1/C(=C/c2ccc(F)c(F)c2)CCC1C1CCCC1. The number of benzene rings is 1. The highest BCUT2D eigenvalue weighted by Crippen LogP contribution is 2.40. The van der Waals surface area contributed by atoms with Gasteiger partial charge in [0.1, 0.15) is 0 Å². The summed E-state index contributed by atoms with van der Waals surface area (Å²) in [6.45, 7) is 0. The van der Waals surface area contributed by atoms with Crippen molar-refractivity contribution in [2.75, 3.05) is 0 Å². The first-order valence-corrected chi connectivity index (χ1v) is 7.35. The van der Waals surface area contributed by atoms with E-state index < -0.39 is 11.6 Å². The molecule has 1 aromatic carbocycles. The zero-order valence-corrected chi connectivity index (χ0v) is 11.4. The first kappa shape index (κ1) is 13.5. The minimum atomic E-state index is -0.864. The molecule has 0 spiro atoms. The predicted octanol–water partition coefficient (Wildman–Crippen LogP) is 4.52. The van der Waals surface area contributed by atoms with Crippen molar-refractivity contribution < 1.29 is 13.6 Å². The first-order chi connectivity index (χ1) is 9.65. The van der Waals surface area contributed by atoms with E-state index in [1.54, 1.807) is 6.08 Å². The maximum atomic E-state index is 13.2. The van der Waals surface area contributed by atoms with E-state index in [-0.39, 0.29) is 11.7 Å². The average Bonchev–Trinajstić information content (AvgIpc) is 3.05. The fraction of sp³-hybridized carbons (Fsp3) is 0.471. The van der Waals surface area contributed by atoms with Gasteiger partial charge in [0.05, 0.1) is 0 Å². The number of hydrogen-bond acceptors (Lipinski definition) is 1. The van der Waals surface area contributed by atoms with Crippen LogP contribution in [0, 0.1) is 23.5 Å². The summed E-state index contributed by atoms with van der Waals surface area (Å²) >= 11 is 0. The van der Waals surface area contributed by atoms with Crippen LogP contribution in [0.1, 0.15) is 44.1 Å². The van der Waals surface area contributed by atoms with Gasteiger partial charge in [-0.25, -0.2) is 8.78 Å². The normalized spacial score (nSPS) is 25.8. The van der Waals surface area contributed by atoms with E-state index in [9.17, 15) is 13.6 Å². The largest absolute Gasteiger partial charge is 0.294 e. The van der Waals surface area contributed by atoms with Gasteiger partial charge in [-0.2, -0.15) is 0 Å². The van der Waals surface area contributed by atoms with E-state index >= 15 is 0 Å². The van der Waals surface area contributed by atoms with Crippen LogP contribution < -0.4 is 0 Å². The van der Waals surface area contributed by atoms with Gasteiger partial charge in [0.15, 0.2) is 17.4 Å². The maximum Gasteiger partial charge on any atom is 0.162 e. The topological polar surface area (TPSA) is 17.1 Å². The lowest BCUT2D eigenvalue weighted by Crippen LogP contribution is -2.16. The van der Waals surface area contributed by atoms with Crippen molar-refractivity contribution in [1.82, 2.24) is 0 Å². The molecule has 0 saturated heterocycles. The second kappa shape index (κ2) is 5.47. The molecule has 1 unspecified atom stereocenters. The second-order valence-corrected chi connectivity index (χ2v) is 5.90. The van der Waals surface area contributed by atoms with Crippen molar-refractivity contribution in [3.8, 4) is 0 Å². The highest BCUT2D eigenvalue weighted by molar-refractivity contribution is 6.03. The van der Waals surface area contributed by atoms with Gasteiger partial charge in [0.2, 0.25) is 0 Å². The lowest BCUT2D eigenvalue weighted by atomic mass is 9.88. The Hall–Kier alpha value is -1.51. The zero-order valence-electron chi connectivity index (χ0n) is 11.4. The molecule has 0 N–H and O–H groups in total. The molecule has 1 nitrogen and oxygen atoms in total. The van der Waals surface area contributed by atoms with E-state index in [4.69, 9.17) is 0 Å². The summed E-state index contributed by atoms with van der Waals surface area (Å²) in [5, 5.41) is 0. The third kappa shape index (κ3) is 2.54. The van der Waals surface area contributed by atoms with Gasteiger partial charge in [-0.1, -0.05) is 18.9 Å². The first-order valence-electron chi connectivity index (χ1n) is 7.35. The minimum Gasteiger partial charge on any atom is -0.294 e. The van der Waals surface area contributed by atoms with E-state index in [2.05, 4.69) is 0 Å². The molecule has 1 atom stereocenters. The third-order valence-electron chi connectivity index (χ3n) is 4.63. The molecule has 1 aromatic rings. The Morgan fingerprint density at radius 3 is 2.50 bits per heavy atom. The number of carbonyl (C=O) groups is 1. The summed E-state index contributed by atoms with van der Waals surface area (Å²) in [4.78, 5) is 12.4. The fourth-order valence-corrected chi connectivity index (χ4v) is 3.56. The highest BCUT2D eigenvalue weighted by Gasteiger charge is 2.36. The molecule has 0 heterocycles. The Balaban J connectivity index is 1.78. The van der Waals surface area contributed by atoms with Crippen LogP contribution in [0.5, 0.6) is 0 Å². The molecule has 3 rings (SSSR count). The Kier molecular flexibility index (Phi) is 3.68. The van der Waals surface area contributed by atoms with Crippen LogP contribution in [0.4, 0.5) is 8.78 Å². The molecule has 0 bridgehead atoms. The fourth-order valence-electron chi connectivity index (χ4n) is 3.56. The van der Waals surface area contributed by atoms with Crippen LogP contribution in [0.3, 0.4) is 0 Å². The van der Waals surface area contributed by atoms with Crippen LogP contribution in [-0.2, 0) is 4.79 Å². The molecule has 2 aliphatic rings. The summed E-state index contributed by atoms with van der Waals surface area (Å²) in [5.74, 6) is -0.792. The molecule has 0 aliphatic heterocycles. The maximum absolute atomic E-state index is 13.2. The monoisotopic (exact) mass is 276 g/mol.